The molecule has 1 aliphatic rings. The summed E-state index contributed by atoms with van der Waals surface area (Å²) in [6.45, 7) is 6.83. The minimum absolute atomic E-state index is 0.0131. The van der Waals surface area contributed by atoms with Crippen molar-refractivity contribution in [1.29, 1.82) is 0 Å². The predicted molar refractivity (Wildman–Crippen MR) is 91.1 cm³/mol. The largest absolute Gasteiger partial charge is 0.486 e. The molecule has 2 amide bonds. The first-order valence-corrected chi connectivity index (χ1v) is 8.16. The Bertz CT molecular complexity index is 603. The second-order valence-electron chi connectivity index (χ2n) is 5.91. The van der Waals surface area contributed by atoms with Crippen LogP contribution in [0.2, 0.25) is 0 Å². The normalized spacial score (nSPS) is 15.3. The lowest BCUT2D eigenvalue weighted by Gasteiger charge is -2.25. The van der Waals surface area contributed by atoms with Crippen molar-refractivity contribution < 1.29 is 19.1 Å². The zero-order valence-electron chi connectivity index (χ0n) is 14.4. The highest BCUT2D eigenvalue weighted by Gasteiger charge is 2.24. The van der Waals surface area contributed by atoms with Gasteiger partial charge in [-0.25, -0.2) is 0 Å². The van der Waals surface area contributed by atoms with Crippen LogP contribution < -0.4 is 20.5 Å². The number of nitrogens with two attached hydrogens (primary N) is 1. The highest BCUT2D eigenvalue weighted by Crippen LogP contribution is 2.32. The fourth-order valence-electron chi connectivity index (χ4n) is 2.35. The van der Waals surface area contributed by atoms with Gasteiger partial charge in [0.15, 0.2) is 11.5 Å². The zero-order chi connectivity index (χ0) is 17.7. The number of amides is 2. The van der Waals surface area contributed by atoms with Gasteiger partial charge in [-0.3, -0.25) is 9.59 Å². The van der Waals surface area contributed by atoms with E-state index >= 15 is 0 Å². The number of nitrogens with one attached hydrogen (secondary N) is 1. The summed E-state index contributed by atoms with van der Waals surface area (Å²) in [5.74, 6) is 0.555. The van der Waals surface area contributed by atoms with Crippen molar-refractivity contribution in [1.82, 2.24) is 4.90 Å². The third-order valence-electron chi connectivity index (χ3n) is 4.03. The van der Waals surface area contributed by atoms with Crippen molar-refractivity contribution in [2.45, 2.75) is 26.8 Å². The number of anilines is 1. The molecule has 2 atom stereocenters. The maximum Gasteiger partial charge on any atom is 0.243 e. The Morgan fingerprint density at radius 2 is 1.92 bits per heavy atom. The van der Waals surface area contributed by atoms with Crippen LogP contribution in [0, 0.1) is 5.92 Å². The molecule has 1 aliphatic heterocycles. The molecule has 1 aromatic rings. The smallest absolute Gasteiger partial charge is 0.243 e. The molecule has 1 aromatic carbocycles. The van der Waals surface area contributed by atoms with Crippen molar-refractivity contribution in [2.75, 3.05) is 31.6 Å². The number of fused-ring (bicyclic) bond motifs is 1. The molecule has 0 fully saturated rings. The summed E-state index contributed by atoms with van der Waals surface area (Å²) in [5.41, 5.74) is 6.38. The van der Waals surface area contributed by atoms with Crippen LogP contribution in [0.25, 0.3) is 0 Å². The van der Waals surface area contributed by atoms with Crippen LogP contribution in [-0.4, -0.2) is 49.1 Å². The molecule has 0 aliphatic carbocycles. The van der Waals surface area contributed by atoms with Gasteiger partial charge in [0.05, 0.1) is 12.5 Å². The van der Waals surface area contributed by atoms with E-state index in [4.69, 9.17) is 15.2 Å². The molecule has 0 bridgehead atoms. The van der Waals surface area contributed by atoms with Gasteiger partial charge in [-0.05, 0) is 26.0 Å². The van der Waals surface area contributed by atoms with Crippen molar-refractivity contribution in [3.63, 3.8) is 0 Å². The van der Waals surface area contributed by atoms with Gasteiger partial charge in [0.25, 0.3) is 0 Å². The molecular weight excluding hydrogens is 310 g/mol. The third-order valence-corrected chi connectivity index (χ3v) is 4.03. The summed E-state index contributed by atoms with van der Waals surface area (Å²) in [4.78, 5) is 26.1. The molecule has 0 radical (unpaired) electrons. The molecule has 2 unspecified atom stereocenters. The van der Waals surface area contributed by atoms with E-state index in [-0.39, 0.29) is 30.3 Å². The van der Waals surface area contributed by atoms with Gasteiger partial charge in [0, 0.05) is 24.3 Å². The first kappa shape index (κ1) is 18.1. The minimum Gasteiger partial charge on any atom is -0.486 e. The summed E-state index contributed by atoms with van der Waals surface area (Å²) in [6.07, 6.45) is 0. The standard InChI is InChI=1S/C17H25N3O4/c1-4-20(17(22)11(2)12(3)18)10-16(21)19-13-5-6-14-15(9-13)24-8-7-23-14/h5-6,9,11-12H,4,7-8,10,18H2,1-3H3,(H,19,21). The Hall–Kier alpha value is -2.28. The number of nitrogens with zero attached hydrogens (tertiary/aromatic N) is 1. The average molecular weight is 335 g/mol. The molecule has 2 rings (SSSR count). The van der Waals surface area contributed by atoms with Crippen LogP contribution >= 0.6 is 0 Å². The van der Waals surface area contributed by atoms with Crippen LogP contribution in [0.4, 0.5) is 5.69 Å². The summed E-state index contributed by atoms with van der Waals surface area (Å²) >= 11 is 0. The zero-order valence-corrected chi connectivity index (χ0v) is 14.4. The van der Waals surface area contributed by atoms with Gasteiger partial charge >= 0.3 is 0 Å². The molecule has 1 heterocycles. The van der Waals surface area contributed by atoms with E-state index in [0.29, 0.717) is 36.9 Å². The Morgan fingerprint density at radius 1 is 1.25 bits per heavy atom. The molecule has 24 heavy (non-hydrogen) atoms. The monoisotopic (exact) mass is 335 g/mol. The van der Waals surface area contributed by atoms with Gasteiger partial charge < -0.3 is 25.4 Å². The number of rotatable bonds is 6. The van der Waals surface area contributed by atoms with Gasteiger partial charge in [0.1, 0.15) is 13.2 Å². The second kappa shape index (κ2) is 8.01. The maximum absolute atomic E-state index is 12.3. The molecule has 3 N–H and O–H groups in total. The predicted octanol–water partition coefficient (Wildman–Crippen LogP) is 1.23. The number of carbonyl (C=O) groups is 2. The lowest BCUT2D eigenvalue weighted by Crippen LogP contribution is -2.44. The van der Waals surface area contributed by atoms with E-state index in [0.717, 1.165) is 0 Å². The second-order valence-corrected chi connectivity index (χ2v) is 5.91. The summed E-state index contributed by atoms with van der Waals surface area (Å²) < 4.78 is 10.9. The first-order valence-electron chi connectivity index (χ1n) is 8.16. The fraction of sp³-hybridized carbons (Fsp3) is 0.529. The van der Waals surface area contributed by atoms with Crippen molar-refractivity contribution in [3.05, 3.63) is 18.2 Å². The molecular formula is C17H25N3O4. The Morgan fingerprint density at radius 3 is 2.54 bits per heavy atom. The summed E-state index contributed by atoms with van der Waals surface area (Å²) in [5, 5.41) is 2.78. The van der Waals surface area contributed by atoms with Gasteiger partial charge in [-0.2, -0.15) is 0 Å². The lowest BCUT2D eigenvalue weighted by atomic mass is 10.0. The Kier molecular flexibility index (Phi) is 6.03. The number of benzene rings is 1. The van der Waals surface area contributed by atoms with Crippen LogP contribution in [-0.2, 0) is 9.59 Å². The van der Waals surface area contributed by atoms with Crippen LogP contribution in [0.1, 0.15) is 20.8 Å². The SMILES string of the molecule is CCN(CC(=O)Nc1ccc2c(c1)OCCO2)C(=O)C(C)C(C)N. The van der Waals surface area contributed by atoms with Crippen molar-refractivity contribution in [3.8, 4) is 11.5 Å². The van der Waals surface area contributed by atoms with E-state index in [1.54, 1.807) is 32.0 Å². The number of ether oxygens (including phenoxy) is 2. The molecule has 0 saturated heterocycles. The fourth-order valence-corrected chi connectivity index (χ4v) is 2.35. The van der Waals surface area contributed by atoms with Crippen LogP contribution in [0.15, 0.2) is 18.2 Å². The van der Waals surface area contributed by atoms with Crippen LogP contribution in [0.5, 0.6) is 11.5 Å². The topological polar surface area (TPSA) is 93.9 Å². The van der Waals surface area contributed by atoms with E-state index in [1.165, 1.54) is 4.90 Å². The molecule has 0 aromatic heterocycles. The van der Waals surface area contributed by atoms with Gasteiger partial charge in [0.2, 0.25) is 11.8 Å². The third kappa shape index (κ3) is 4.38. The number of hydrogen-bond acceptors (Lipinski definition) is 5. The summed E-state index contributed by atoms with van der Waals surface area (Å²) in [6, 6.07) is 4.96. The van der Waals surface area contributed by atoms with Crippen molar-refractivity contribution >= 4 is 17.5 Å². The van der Waals surface area contributed by atoms with Crippen LogP contribution in [0.3, 0.4) is 0 Å². The number of likely N-dealkylation sites (N-methyl/N-ethyl adjacent to an activating group) is 1. The van der Waals surface area contributed by atoms with Gasteiger partial charge in [-0.15, -0.1) is 0 Å². The summed E-state index contributed by atoms with van der Waals surface area (Å²) in [7, 11) is 0. The minimum atomic E-state index is -0.327. The van der Waals surface area contributed by atoms with E-state index in [2.05, 4.69) is 5.32 Å². The number of carbonyl (C=O) groups excluding carboxylic acids is 2. The van der Waals surface area contributed by atoms with E-state index in [1.807, 2.05) is 6.92 Å². The first-order chi connectivity index (χ1) is 11.4. The Balaban J connectivity index is 1.97. The van der Waals surface area contributed by atoms with Gasteiger partial charge in [-0.1, -0.05) is 6.92 Å². The van der Waals surface area contributed by atoms with E-state index in [9.17, 15) is 9.59 Å². The quantitative estimate of drug-likeness (QED) is 0.815. The molecule has 0 saturated carbocycles. The maximum atomic E-state index is 12.3. The molecule has 7 heteroatoms. The van der Waals surface area contributed by atoms with Crippen molar-refractivity contribution in [2.24, 2.45) is 11.7 Å². The molecule has 7 nitrogen and oxygen atoms in total. The highest BCUT2D eigenvalue weighted by molar-refractivity contribution is 5.95. The molecule has 0 spiro atoms. The highest BCUT2D eigenvalue weighted by atomic mass is 16.6. The van der Waals surface area contributed by atoms with E-state index < -0.39 is 0 Å². The lowest BCUT2D eigenvalue weighted by molar-refractivity contribution is -0.138. The molecule has 132 valence electrons. The number of hydrogen-bond donors (Lipinski definition) is 2. The Labute approximate surface area is 142 Å². The average Bonchev–Trinajstić information content (AvgIpc) is 2.58.